The van der Waals surface area contributed by atoms with E-state index in [1.807, 2.05) is 24.3 Å². The average Bonchev–Trinajstić information content (AvgIpc) is 3.17. The minimum Gasteiger partial charge on any atom is -0.345 e. The van der Waals surface area contributed by atoms with Gasteiger partial charge in [-0.25, -0.2) is 4.99 Å². The van der Waals surface area contributed by atoms with Gasteiger partial charge in [0.2, 0.25) is 0 Å². The molecule has 0 aromatic heterocycles. The Balaban J connectivity index is 1.81. The zero-order valence-electron chi connectivity index (χ0n) is 9.66. The second-order valence-corrected chi connectivity index (χ2v) is 5.37. The van der Waals surface area contributed by atoms with Gasteiger partial charge in [0.05, 0.1) is 5.03 Å². The van der Waals surface area contributed by atoms with Crippen LogP contribution in [0.4, 0.5) is 0 Å². The fourth-order valence-corrected chi connectivity index (χ4v) is 2.09. The largest absolute Gasteiger partial charge is 0.345 e. The van der Waals surface area contributed by atoms with Crippen LogP contribution in [0.5, 0.6) is 0 Å². The van der Waals surface area contributed by atoms with Gasteiger partial charge in [-0.15, -0.1) is 0 Å². The smallest absolute Gasteiger partial charge is 0.140 e. The second-order valence-electron chi connectivity index (χ2n) is 4.50. The van der Waals surface area contributed by atoms with Crippen LogP contribution >= 0.6 is 23.2 Å². The molecule has 2 N–H and O–H groups in total. The standard InChI is InChI=1S/C13H13Cl2N3/c14-9-3-1-8(2-4-9)12-16-7-11(15)13(18-12)17-10-5-6-10/h1-4,7,10,13,17H,5-6H2,(H,16,18). The molecule has 1 aromatic carbocycles. The molecule has 0 amide bonds. The van der Waals surface area contributed by atoms with Crippen LogP contribution in [-0.2, 0) is 0 Å². The maximum absolute atomic E-state index is 6.14. The molecular weight excluding hydrogens is 269 g/mol. The van der Waals surface area contributed by atoms with Crippen LogP contribution in [0.2, 0.25) is 5.02 Å². The van der Waals surface area contributed by atoms with Crippen LogP contribution in [0, 0.1) is 0 Å². The lowest BCUT2D eigenvalue weighted by molar-refractivity contribution is 0.594. The van der Waals surface area contributed by atoms with Gasteiger partial charge in [-0.05, 0) is 37.1 Å². The Morgan fingerprint density at radius 1 is 1.17 bits per heavy atom. The van der Waals surface area contributed by atoms with Crippen LogP contribution in [0.3, 0.4) is 0 Å². The van der Waals surface area contributed by atoms with Gasteiger partial charge >= 0.3 is 0 Å². The van der Waals surface area contributed by atoms with Crippen molar-refractivity contribution in [3.63, 3.8) is 0 Å². The van der Waals surface area contributed by atoms with Crippen LogP contribution in [0.1, 0.15) is 18.4 Å². The van der Waals surface area contributed by atoms with E-state index in [0.29, 0.717) is 11.1 Å². The number of rotatable bonds is 3. The summed E-state index contributed by atoms with van der Waals surface area (Å²) in [5.41, 5.74) is 1.00. The van der Waals surface area contributed by atoms with Gasteiger partial charge < -0.3 is 5.32 Å². The topological polar surface area (TPSA) is 36.4 Å². The highest BCUT2D eigenvalue weighted by molar-refractivity contribution is 6.31. The van der Waals surface area contributed by atoms with E-state index < -0.39 is 0 Å². The first-order valence-corrected chi connectivity index (χ1v) is 6.70. The fraction of sp³-hybridized carbons (Fsp3) is 0.308. The Labute approximate surface area is 116 Å². The first-order valence-electron chi connectivity index (χ1n) is 5.94. The average molecular weight is 282 g/mol. The van der Waals surface area contributed by atoms with Crippen molar-refractivity contribution >= 4 is 29.0 Å². The molecule has 3 rings (SSSR count). The van der Waals surface area contributed by atoms with Crippen LogP contribution in [0.15, 0.2) is 40.5 Å². The van der Waals surface area contributed by atoms with Gasteiger partial charge in [0, 0.05) is 22.8 Å². The molecular formula is C13H13Cl2N3. The SMILES string of the molecule is ClC1=CNC(c2ccc(Cl)cc2)=NC1NC1CC1. The zero-order chi connectivity index (χ0) is 12.5. The summed E-state index contributed by atoms with van der Waals surface area (Å²) in [6.45, 7) is 0. The fourth-order valence-electron chi connectivity index (χ4n) is 1.80. The Kier molecular flexibility index (Phi) is 3.29. The Morgan fingerprint density at radius 3 is 2.56 bits per heavy atom. The van der Waals surface area contributed by atoms with Crippen molar-refractivity contribution in [3.8, 4) is 0 Å². The molecule has 3 nitrogen and oxygen atoms in total. The van der Waals surface area contributed by atoms with Gasteiger partial charge in [0.1, 0.15) is 12.0 Å². The summed E-state index contributed by atoms with van der Waals surface area (Å²) >= 11 is 12.0. The molecule has 1 saturated carbocycles. The molecule has 1 unspecified atom stereocenters. The summed E-state index contributed by atoms with van der Waals surface area (Å²) < 4.78 is 0. The van der Waals surface area contributed by atoms with E-state index in [1.165, 1.54) is 12.8 Å². The minimum atomic E-state index is -0.133. The Morgan fingerprint density at radius 2 is 1.89 bits per heavy atom. The number of hydrogen-bond acceptors (Lipinski definition) is 3. The Bertz CT molecular complexity index is 503. The normalized spacial score (nSPS) is 23.1. The van der Waals surface area contributed by atoms with Crippen molar-refractivity contribution < 1.29 is 0 Å². The lowest BCUT2D eigenvalue weighted by Gasteiger charge is -2.21. The number of hydrogen-bond donors (Lipinski definition) is 2. The highest BCUT2D eigenvalue weighted by Crippen LogP contribution is 2.23. The van der Waals surface area contributed by atoms with E-state index in [2.05, 4.69) is 15.6 Å². The lowest BCUT2D eigenvalue weighted by atomic mass is 10.2. The number of halogens is 2. The molecule has 1 fully saturated rings. The number of nitrogens with one attached hydrogen (secondary N) is 2. The number of aliphatic imine (C=N–C) groups is 1. The molecule has 0 saturated heterocycles. The van der Waals surface area contributed by atoms with E-state index >= 15 is 0 Å². The molecule has 0 spiro atoms. The molecule has 18 heavy (non-hydrogen) atoms. The van der Waals surface area contributed by atoms with Gasteiger partial charge in [-0.2, -0.15) is 0 Å². The van der Waals surface area contributed by atoms with Crippen LogP contribution < -0.4 is 10.6 Å². The van der Waals surface area contributed by atoms with Crippen LogP contribution in [-0.4, -0.2) is 18.0 Å². The maximum Gasteiger partial charge on any atom is 0.140 e. The Hall–Kier alpha value is -1.03. The summed E-state index contributed by atoms with van der Waals surface area (Å²) in [6, 6.07) is 8.14. The molecule has 1 aliphatic heterocycles. The molecule has 1 aliphatic carbocycles. The van der Waals surface area contributed by atoms with Gasteiger partial charge in [0.25, 0.3) is 0 Å². The van der Waals surface area contributed by atoms with Gasteiger partial charge in [-0.3, -0.25) is 5.32 Å². The molecule has 1 heterocycles. The van der Waals surface area contributed by atoms with Crippen LogP contribution in [0.25, 0.3) is 0 Å². The predicted octanol–water partition coefficient (Wildman–Crippen LogP) is 2.85. The quantitative estimate of drug-likeness (QED) is 0.894. The molecule has 1 atom stereocenters. The van der Waals surface area contributed by atoms with E-state index in [9.17, 15) is 0 Å². The molecule has 2 aliphatic rings. The summed E-state index contributed by atoms with van der Waals surface area (Å²) in [6.07, 6.45) is 4.07. The second kappa shape index (κ2) is 4.92. The highest BCUT2D eigenvalue weighted by Gasteiger charge is 2.27. The molecule has 1 aromatic rings. The number of benzene rings is 1. The molecule has 0 radical (unpaired) electrons. The summed E-state index contributed by atoms with van der Waals surface area (Å²) in [4.78, 5) is 4.59. The maximum atomic E-state index is 6.14. The third kappa shape index (κ3) is 2.69. The molecule has 5 heteroatoms. The van der Waals surface area contributed by atoms with E-state index in [0.717, 1.165) is 16.4 Å². The van der Waals surface area contributed by atoms with Crippen molar-refractivity contribution in [2.45, 2.75) is 25.0 Å². The number of amidine groups is 1. The van der Waals surface area contributed by atoms with E-state index in [-0.39, 0.29) is 6.17 Å². The number of nitrogens with zero attached hydrogens (tertiary/aromatic N) is 1. The summed E-state index contributed by atoms with van der Waals surface area (Å²) in [5.74, 6) is 0.814. The van der Waals surface area contributed by atoms with E-state index in [1.54, 1.807) is 6.20 Å². The van der Waals surface area contributed by atoms with E-state index in [4.69, 9.17) is 23.2 Å². The highest BCUT2D eigenvalue weighted by atomic mass is 35.5. The van der Waals surface area contributed by atoms with Crippen molar-refractivity contribution in [2.75, 3.05) is 0 Å². The van der Waals surface area contributed by atoms with Gasteiger partial charge in [-0.1, -0.05) is 23.2 Å². The van der Waals surface area contributed by atoms with Crippen molar-refractivity contribution in [1.29, 1.82) is 0 Å². The third-order valence-electron chi connectivity index (χ3n) is 2.95. The summed E-state index contributed by atoms with van der Waals surface area (Å²) in [7, 11) is 0. The first-order chi connectivity index (χ1) is 8.72. The third-order valence-corrected chi connectivity index (χ3v) is 3.52. The predicted molar refractivity (Wildman–Crippen MR) is 75.0 cm³/mol. The monoisotopic (exact) mass is 281 g/mol. The van der Waals surface area contributed by atoms with Crippen molar-refractivity contribution in [3.05, 3.63) is 46.1 Å². The minimum absolute atomic E-state index is 0.133. The summed E-state index contributed by atoms with van der Waals surface area (Å²) in [5, 5.41) is 7.91. The van der Waals surface area contributed by atoms with Gasteiger partial charge in [0.15, 0.2) is 0 Å². The zero-order valence-corrected chi connectivity index (χ0v) is 11.2. The van der Waals surface area contributed by atoms with Crippen molar-refractivity contribution in [1.82, 2.24) is 10.6 Å². The molecule has 94 valence electrons. The molecule has 0 bridgehead atoms. The lowest BCUT2D eigenvalue weighted by Crippen LogP contribution is -2.37. The first kappa shape index (κ1) is 12.0. The van der Waals surface area contributed by atoms with Crippen molar-refractivity contribution in [2.24, 2.45) is 4.99 Å².